The molecule has 0 unspecified atom stereocenters. The van der Waals surface area contributed by atoms with Crippen molar-refractivity contribution in [2.75, 3.05) is 0 Å². The van der Waals surface area contributed by atoms with Gasteiger partial charge in [0.25, 0.3) is 0 Å². The van der Waals surface area contributed by atoms with Crippen LogP contribution >= 0.6 is 22.9 Å². The molecule has 1 N–H and O–H groups in total. The van der Waals surface area contributed by atoms with E-state index in [0.29, 0.717) is 6.04 Å². The van der Waals surface area contributed by atoms with E-state index in [-0.39, 0.29) is 0 Å². The molecule has 0 fully saturated rings. The van der Waals surface area contributed by atoms with Crippen LogP contribution in [0.15, 0.2) is 42.6 Å². The van der Waals surface area contributed by atoms with E-state index in [0.717, 1.165) is 17.4 Å². The number of nitrogens with one attached hydrogen (secondary N) is 1. The number of para-hydroxylation sites is 1. The summed E-state index contributed by atoms with van der Waals surface area (Å²) in [4.78, 5) is 1.28. The van der Waals surface area contributed by atoms with Crippen LogP contribution in [-0.4, -0.2) is 10.6 Å². The molecular weight excluding hydrogens is 300 g/mol. The zero-order chi connectivity index (χ0) is 14.8. The Bertz CT molecular complexity index is 742. The van der Waals surface area contributed by atoms with Crippen molar-refractivity contribution in [3.05, 3.63) is 57.4 Å². The first-order valence-electron chi connectivity index (χ1n) is 7.18. The van der Waals surface area contributed by atoms with Crippen molar-refractivity contribution in [2.45, 2.75) is 33.0 Å². The Labute approximate surface area is 134 Å². The SMILES string of the molecule is CC(C)NCc1cn(Cc2ccc(Cl)s2)c2ccccc12. The first-order chi connectivity index (χ1) is 10.1. The number of fused-ring (bicyclic) bond motifs is 1. The highest BCUT2D eigenvalue weighted by Crippen LogP contribution is 2.26. The summed E-state index contributed by atoms with van der Waals surface area (Å²) in [5.41, 5.74) is 2.63. The van der Waals surface area contributed by atoms with Gasteiger partial charge in [0.1, 0.15) is 0 Å². The third-order valence-corrected chi connectivity index (χ3v) is 4.74. The van der Waals surface area contributed by atoms with Crippen LogP contribution in [0.4, 0.5) is 0 Å². The summed E-state index contributed by atoms with van der Waals surface area (Å²) >= 11 is 7.68. The second-order valence-corrected chi connectivity index (χ2v) is 7.34. The van der Waals surface area contributed by atoms with Gasteiger partial charge in [-0.2, -0.15) is 0 Å². The van der Waals surface area contributed by atoms with Gasteiger partial charge >= 0.3 is 0 Å². The molecule has 3 rings (SSSR count). The lowest BCUT2D eigenvalue weighted by Gasteiger charge is -2.06. The van der Waals surface area contributed by atoms with E-state index in [4.69, 9.17) is 11.6 Å². The van der Waals surface area contributed by atoms with Crippen molar-refractivity contribution in [2.24, 2.45) is 0 Å². The second kappa shape index (κ2) is 6.22. The van der Waals surface area contributed by atoms with Crippen LogP contribution in [0, 0.1) is 0 Å². The Morgan fingerprint density at radius 3 is 2.71 bits per heavy atom. The topological polar surface area (TPSA) is 17.0 Å². The molecule has 0 bridgehead atoms. The molecule has 0 spiro atoms. The molecule has 21 heavy (non-hydrogen) atoms. The van der Waals surface area contributed by atoms with E-state index < -0.39 is 0 Å². The van der Waals surface area contributed by atoms with Crippen molar-refractivity contribution >= 4 is 33.8 Å². The van der Waals surface area contributed by atoms with E-state index in [2.05, 4.69) is 60.3 Å². The molecule has 0 amide bonds. The molecule has 0 saturated heterocycles. The van der Waals surface area contributed by atoms with Gasteiger partial charge in [-0.25, -0.2) is 0 Å². The predicted molar refractivity (Wildman–Crippen MR) is 92.3 cm³/mol. The zero-order valence-corrected chi connectivity index (χ0v) is 13.8. The minimum absolute atomic E-state index is 0.489. The highest BCUT2D eigenvalue weighted by molar-refractivity contribution is 7.16. The van der Waals surface area contributed by atoms with E-state index in [1.54, 1.807) is 11.3 Å². The minimum Gasteiger partial charge on any atom is -0.342 e. The van der Waals surface area contributed by atoms with Crippen molar-refractivity contribution in [3.63, 3.8) is 0 Å². The molecule has 0 saturated carbocycles. The fourth-order valence-electron chi connectivity index (χ4n) is 2.51. The molecule has 0 atom stereocenters. The lowest BCUT2D eigenvalue weighted by Crippen LogP contribution is -2.21. The van der Waals surface area contributed by atoms with Gasteiger partial charge in [0, 0.05) is 34.6 Å². The molecule has 110 valence electrons. The molecule has 3 aromatic rings. The minimum atomic E-state index is 0.489. The summed E-state index contributed by atoms with van der Waals surface area (Å²) < 4.78 is 3.16. The Morgan fingerprint density at radius 2 is 2.00 bits per heavy atom. The average molecular weight is 319 g/mol. The van der Waals surface area contributed by atoms with Crippen LogP contribution in [0.5, 0.6) is 0 Å². The van der Waals surface area contributed by atoms with Gasteiger partial charge in [-0.05, 0) is 23.8 Å². The standard InChI is InChI=1S/C17H19ClN2S/c1-12(2)19-9-13-10-20(11-14-7-8-17(18)21-14)16-6-4-3-5-15(13)16/h3-8,10,12,19H,9,11H2,1-2H3. The average Bonchev–Trinajstić information content (AvgIpc) is 3.02. The molecule has 0 radical (unpaired) electrons. The molecule has 0 aliphatic rings. The quantitative estimate of drug-likeness (QED) is 0.708. The van der Waals surface area contributed by atoms with E-state index in [1.807, 2.05) is 6.07 Å². The van der Waals surface area contributed by atoms with E-state index >= 15 is 0 Å². The molecular formula is C17H19ClN2S. The molecule has 0 aliphatic carbocycles. The molecule has 1 aromatic carbocycles. The maximum Gasteiger partial charge on any atom is 0.0931 e. The number of halogens is 1. The van der Waals surface area contributed by atoms with Gasteiger partial charge in [0.15, 0.2) is 0 Å². The fourth-order valence-corrected chi connectivity index (χ4v) is 3.60. The summed E-state index contributed by atoms with van der Waals surface area (Å²) in [6.07, 6.45) is 2.26. The van der Waals surface area contributed by atoms with E-state index in [1.165, 1.54) is 21.3 Å². The normalized spacial score (nSPS) is 11.6. The smallest absolute Gasteiger partial charge is 0.0931 e. The Balaban J connectivity index is 1.94. The predicted octanol–water partition coefficient (Wildman–Crippen LogP) is 4.90. The van der Waals surface area contributed by atoms with Crippen LogP contribution in [0.1, 0.15) is 24.3 Å². The van der Waals surface area contributed by atoms with Gasteiger partial charge in [-0.1, -0.05) is 43.6 Å². The summed E-state index contributed by atoms with van der Waals surface area (Å²) in [5.74, 6) is 0. The summed E-state index contributed by atoms with van der Waals surface area (Å²) in [7, 11) is 0. The lowest BCUT2D eigenvalue weighted by molar-refractivity contribution is 0.589. The van der Waals surface area contributed by atoms with Crippen LogP contribution in [0.25, 0.3) is 10.9 Å². The van der Waals surface area contributed by atoms with Crippen molar-refractivity contribution < 1.29 is 0 Å². The highest BCUT2D eigenvalue weighted by atomic mass is 35.5. The number of nitrogens with zero attached hydrogens (tertiary/aromatic N) is 1. The number of aromatic nitrogens is 1. The highest BCUT2D eigenvalue weighted by Gasteiger charge is 2.09. The van der Waals surface area contributed by atoms with Crippen LogP contribution in [-0.2, 0) is 13.1 Å². The van der Waals surface area contributed by atoms with Crippen molar-refractivity contribution in [1.29, 1.82) is 0 Å². The van der Waals surface area contributed by atoms with Gasteiger partial charge in [0.05, 0.1) is 10.9 Å². The van der Waals surface area contributed by atoms with Gasteiger partial charge in [0.2, 0.25) is 0 Å². The van der Waals surface area contributed by atoms with Gasteiger partial charge in [-0.3, -0.25) is 0 Å². The first-order valence-corrected chi connectivity index (χ1v) is 8.37. The summed E-state index contributed by atoms with van der Waals surface area (Å²) in [6, 6.07) is 13.1. The number of benzene rings is 1. The van der Waals surface area contributed by atoms with Crippen molar-refractivity contribution in [1.82, 2.24) is 9.88 Å². The monoisotopic (exact) mass is 318 g/mol. The second-order valence-electron chi connectivity index (χ2n) is 5.54. The van der Waals surface area contributed by atoms with Crippen LogP contribution in [0.3, 0.4) is 0 Å². The third kappa shape index (κ3) is 3.31. The summed E-state index contributed by atoms with van der Waals surface area (Å²) in [6.45, 7) is 6.12. The molecule has 2 heterocycles. The molecule has 4 heteroatoms. The fraction of sp³-hybridized carbons (Fsp3) is 0.294. The number of hydrogen-bond donors (Lipinski definition) is 1. The molecule has 0 aliphatic heterocycles. The third-order valence-electron chi connectivity index (χ3n) is 3.53. The Hall–Kier alpha value is -1.29. The first kappa shape index (κ1) is 14.6. The van der Waals surface area contributed by atoms with Crippen LogP contribution < -0.4 is 5.32 Å². The Kier molecular flexibility index (Phi) is 4.34. The zero-order valence-electron chi connectivity index (χ0n) is 12.3. The van der Waals surface area contributed by atoms with Crippen LogP contribution in [0.2, 0.25) is 4.34 Å². The number of hydrogen-bond acceptors (Lipinski definition) is 2. The number of thiophene rings is 1. The number of rotatable bonds is 5. The molecule has 2 nitrogen and oxygen atoms in total. The Morgan fingerprint density at radius 1 is 1.19 bits per heavy atom. The maximum absolute atomic E-state index is 6.03. The van der Waals surface area contributed by atoms with Gasteiger partial charge in [-0.15, -0.1) is 11.3 Å². The van der Waals surface area contributed by atoms with Crippen molar-refractivity contribution in [3.8, 4) is 0 Å². The molecule has 2 aromatic heterocycles. The lowest BCUT2D eigenvalue weighted by atomic mass is 10.2. The van der Waals surface area contributed by atoms with E-state index in [9.17, 15) is 0 Å². The largest absolute Gasteiger partial charge is 0.342 e. The van der Waals surface area contributed by atoms with Gasteiger partial charge < -0.3 is 9.88 Å². The summed E-state index contributed by atoms with van der Waals surface area (Å²) in [5, 5.41) is 4.83. The maximum atomic E-state index is 6.03.